The molecule has 3 rings (SSSR count). The minimum atomic E-state index is -0.341. The molecule has 0 saturated carbocycles. The molecule has 0 aliphatic carbocycles. The molecular formula is C24H27NO4. The number of aryl methyl sites for hydroxylation is 3. The van der Waals surface area contributed by atoms with Crippen LogP contribution in [-0.4, -0.2) is 11.0 Å². The molecule has 0 saturated heterocycles. The lowest BCUT2D eigenvalue weighted by atomic mass is 9.99. The van der Waals surface area contributed by atoms with Crippen molar-refractivity contribution in [3.63, 3.8) is 0 Å². The van der Waals surface area contributed by atoms with Crippen LogP contribution in [0.3, 0.4) is 0 Å². The van der Waals surface area contributed by atoms with E-state index in [1.54, 1.807) is 24.3 Å². The molecule has 29 heavy (non-hydrogen) atoms. The van der Waals surface area contributed by atoms with E-state index in [-0.39, 0.29) is 29.9 Å². The SMILES string of the molecule is Cc1ccc(C)c(OCc2ccc(C(=O)Nc3cc(C(C)C)c(O)cc3C)o2)c1. The summed E-state index contributed by atoms with van der Waals surface area (Å²) in [5, 5.41) is 13.0. The van der Waals surface area contributed by atoms with E-state index < -0.39 is 0 Å². The summed E-state index contributed by atoms with van der Waals surface area (Å²) < 4.78 is 11.5. The fraction of sp³-hybridized carbons (Fsp3) is 0.292. The lowest BCUT2D eigenvalue weighted by molar-refractivity contribution is 0.0992. The van der Waals surface area contributed by atoms with E-state index in [4.69, 9.17) is 9.15 Å². The molecule has 0 atom stereocenters. The highest BCUT2D eigenvalue weighted by atomic mass is 16.5. The van der Waals surface area contributed by atoms with Crippen LogP contribution in [0, 0.1) is 20.8 Å². The molecule has 0 radical (unpaired) electrons. The van der Waals surface area contributed by atoms with Crippen LogP contribution in [0.1, 0.15) is 58.3 Å². The van der Waals surface area contributed by atoms with Crippen molar-refractivity contribution in [2.24, 2.45) is 0 Å². The van der Waals surface area contributed by atoms with Gasteiger partial charge in [0.25, 0.3) is 5.91 Å². The van der Waals surface area contributed by atoms with Gasteiger partial charge in [0.15, 0.2) is 5.76 Å². The van der Waals surface area contributed by atoms with Gasteiger partial charge in [0.1, 0.15) is 23.9 Å². The highest BCUT2D eigenvalue weighted by Gasteiger charge is 2.16. The third-order valence-corrected chi connectivity index (χ3v) is 4.84. The number of hydrogen-bond acceptors (Lipinski definition) is 4. The van der Waals surface area contributed by atoms with Gasteiger partial charge in [0.2, 0.25) is 0 Å². The third kappa shape index (κ3) is 4.80. The first-order valence-corrected chi connectivity index (χ1v) is 9.68. The van der Waals surface area contributed by atoms with Gasteiger partial charge in [0.05, 0.1) is 0 Å². The smallest absolute Gasteiger partial charge is 0.291 e. The van der Waals surface area contributed by atoms with E-state index in [2.05, 4.69) is 5.32 Å². The Balaban J connectivity index is 1.70. The second kappa shape index (κ2) is 8.43. The van der Waals surface area contributed by atoms with Gasteiger partial charge in [-0.25, -0.2) is 0 Å². The molecule has 5 heteroatoms. The first-order valence-electron chi connectivity index (χ1n) is 9.68. The average Bonchev–Trinajstić information content (AvgIpc) is 3.13. The summed E-state index contributed by atoms with van der Waals surface area (Å²) in [4.78, 5) is 12.6. The van der Waals surface area contributed by atoms with E-state index in [9.17, 15) is 9.90 Å². The zero-order chi connectivity index (χ0) is 21.1. The van der Waals surface area contributed by atoms with E-state index >= 15 is 0 Å². The fourth-order valence-corrected chi connectivity index (χ4v) is 3.08. The number of amides is 1. The van der Waals surface area contributed by atoms with Crippen molar-refractivity contribution in [2.45, 2.75) is 47.1 Å². The number of aromatic hydroxyl groups is 1. The monoisotopic (exact) mass is 393 g/mol. The van der Waals surface area contributed by atoms with Gasteiger partial charge in [-0.2, -0.15) is 0 Å². The summed E-state index contributed by atoms with van der Waals surface area (Å²) in [5.41, 5.74) is 4.39. The topological polar surface area (TPSA) is 71.7 Å². The van der Waals surface area contributed by atoms with Crippen molar-refractivity contribution < 1.29 is 19.1 Å². The quantitative estimate of drug-likeness (QED) is 0.514. The molecule has 0 spiro atoms. The lowest BCUT2D eigenvalue weighted by Crippen LogP contribution is -2.12. The molecule has 2 N–H and O–H groups in total. The molecule has 1 amide bonds. The van der Waals surface area contributed by atoms with Gasteiger partial charge in [-0.15, -0.1) is 0 Å². The van der Waals surface area contributed by atoms with E-state index in [1.807, 2.05) is 52.8 Å². The second-order valence-electron chi connectivity index (χ2n) is 7.66. The second-order valence-corrected chi connectivity index (χ2v) is 7.66. The van der Waals surface area contributed by atoms with Crippen molar-refractivity contribution in [2.75, 3.05) is 5.32 Å². The number of carbonyl (C=O) groups is 1. The summed E-state index contributed by atoms with van der Waals surface area (Å²) in [7, 11) is 0. The van der Waals surface area contributed by atoms with Crippen LogP contribution in [0.15, 0.2) is 46.9 Å². The minimum absolute atomic E-state index is 0.142. The van der Waals surface area contributed by atoms with Crippen LogP contribution in [0.5, 0.6) is 11.5 Å². The molecule has 0 fully saturated rings. The van der Waals surface area contributed by atoms with E-state index in [1.165, 1.54) is 0 Å². The highest BCUT2D eigenvalue weighted by molar-refractivity contribution is 6.02. The summed E-state index contributed by atoms with van der Waals surface area (Å²) >= 11 is 0. The van der Waals surface area contributed by atoms with Crippen LogP contribution in [0.25, 0.3) is 0 Å². The number of nitrogens with one attached hydrogen (secondary N) is 1. The van der Waals surface area contributed by atoms with Crippen LogP contribution in [0.2, 0.25) is 0 Å². The summed E-state index contributed by atoms with van der Waals surface area (Å²) in [6.45, 7) is 10.1. The molecule has 0 unspecified atom stereocenters. The van der Waals surface area contributed by atoms with Gasteiger partial charge in [-0.3, -0.25) is 4.79 Å². The molecule has 1 heterocycles. The van der Waals surface area contributed by atoms with Crippen molar-refractivity contribution in [3.05, 3.63) is 76.2 Å². The minimum Gasteiger partial charge on any atom is -0.508 e. The first-order chi connectivity index (χ1) is 13.7. The zero-order valence-electron chi connectivity index (χ0n) is 17.5. The maximum absolute atomic E-state index is 12.6. The Morgan fingerprint density at radius 1 is 1.07 bits per heavy atom. The Kier molecular flexibility index (Phi) is 5.97. The molecule has 5 nitrogen and oxygen atoms in total. The normalized spacial score (nSPS) is 11.0. The third-order valence-electron chi connectivity index (χ3n) is 4.84. The Morgan fingerprint density at radius 2 is 1.83 bits per heavy atom. The molecule has 2 aromatic carbocycles. The Labute approximate surface area is 171 Å². The van der Waals surface area contributed by atoms with Crippen molar-refractivity contribution >= 4 is 11.6 Å². The van der Waals surface area contributed by atoms with Crippen LogP contribution < -0.4 is 10.1 Å². The van der Waals surface area contributed by atoms with Crippen molar-refractivity contribution in [1.82, 2.24) is 0 Å². The molecule has 0 aliphatic rings. The summed E-state index contributed by atoms with van der Waals surface area (Å²) in [6.07, 6.45) is 0. The number of phenolic OH excluding ortho intramolecular Hbond substituents is 1. The number of anilines is 1. The number of benzene rings is 2. The van der Waals surface area contributed by atoms with E-state index in [0.29, 0.717) is 11.4 Å². The number of carbonyl (C=O) groups excluding carboxylic acids is 1. The van der Waals surface area contributed by atoms with Crippen LogP contribution >= 0.6 is 0 Å². The van der Waals surface area contributed by atoms with Gasteiger partial charge in [-0.1, -0.05) is 26.0 Å². The van der Waals surface area contributed by atoms with Crippen molar-refractivity contribution in [3.8, 4) is 11.5 Å². The summed E-state index contributed by atoms with van der Waals surface area (Å²) in [5.74, 6) is 1.62. The predicted molar refractivity (Wildman–Crippen MR) is 114 cm³/mol. The van der Waals surface area contributed by atoms with Crippen LogP contribution in [-0.2, 0) is 6.61 Å². The van der Waals surface area contributed by atoms with Gasteiger partial charge >= 0.3 is 0 Å². The molecular weight excluding hydrogens is 366 g/mol. The van der Waals surface area contributed by atoms with Gasteiger partial charge in [0, 0.05) is 5.69 Å². The number of hydrogen-bond donors (Lipinski definition) is 2. The molecule has 3 aromatic rings. The molecule has 1 aromatic heterocycles. The maximum Gasteiger partial charge on any atom is 0.291 e. The Morgan fingerprint density at radius 3 is 2.55 bits per heavy atom. The Hall–Kier alpha value is -3.21. The number of phenols is 1. The number of rotatable bonds is 6. The Bertz CT molecular complexity index is 1030. The highest BCUT2D eigenvalue weighted by Crippen LogP contribution is 2.31. The lowest BCUT2D eigenvalue weighted by Gasteiger charge is -2.14. The molecule has 152 valence electrons. The van der Waals surface area contributed by atoms with E-state index in [0.717, 1.165) is 28.0 Å². The predicted octanol–water partition coefficient (Wildman–Crippen LogP) is 5.87. The zero-order valence-corrected chi connectivity index (χ0v) is 17.5. The molecule has 0 aliphatic heterocycles. The number of furan rings is 1. The maximum atomic E-state index is 12.6. The van der Waals surface area contributed by atoms with Crippen LogP contribution in [0.4, 0.5) is 5.69 Å². The van der Waals surface area contributed by atoms with Crippen molar-refractivity contribution in [1.29, 1.82) is 0 Å². The number of ether oxygens (including phenoxy) is 1. The van der Waals surface area contributed by atoms with Gasteiger partial charge < -0.3 is 19.6 Å². The largest absolute Gasteiger partial charge is 0.508 e. The first kappa shape index (κ1) is 20.5. The standard InChI is InChI=1S/C24H27NO4/c1-14(2)19-12-20(17(5)11-21(19)26)25-24(27)22-9-8-18(29-22)13-28-23-10-15(3)6-7-16(23)4/h6-12,14,26H,13H2,1-5H3,(H,25,27). The van der Waals surface area contributed by atoms with Gasteiger partial charge in [-0.05, 0) is 79.3 Å². The summed E-state index contributed by atoms with van der Waals surface area (Å²) in [6, 6.07) is 12.9. The fourth-order valence-electron chi connectivity index (χ4n) is 3.08. The average molecular weight is 393 g/mol. The molecule has 0 bridgehead atoms.